The summed E-state index contributed by atoms with van der Waals surface area (Å²) in [6.07, 6.45) is 0. The first-order chi connectivity index (χ1) is 17.2. The smallest absolute Gasteiger partial charge is 0.0656 e. The van der Waals surface area contributed by atoms with Crippen LogP contribution in [0.3, 0.4) is 0 Å². The maximum atomic E-state index is 2.58. The molecule has 1 aliphatic rings. The second-order valence-corrected chi connectivity index (χ2v) is 21.1. The average Bonchev–Trinajstić information content (AvgIpc) is 2.86. The molecule has 0 amide bonds. The third-order valence-electron chi connectivity index (χ3n) is 8.10. The van der Waals surface area contributed by atoms with Crippen LogP contribution in [0.1, 0.15) is 5.56 Å². The number of fused-ring (bicyclic) bond motifs is 2. The van der Waals surface area contributed by atoms with Gasteiger partial charge < -0.3 is 0 Å². The highest BCUT2D eigenvalue weighted by Crippen LogP contribution is 2.43. The molecule has 0 spiro atoms. The first-order valence-corrected chi connectivity index (χ1v) is 19.6. The van der Waals surface area contributed by atoms with Crippen LogP contribution in [0.25, 0.3) is 44.2 Å². The summed E-state index contributed by atoms with van der Waals surface area (Å²) in [5.74, 6) is 0. The third kappa shape index (κ3) is 3.32. The van der Waals surface area contributed by atoms with Crippen molar-refractivity contribution < 1.29 is 0 Å². The minimum atomic E-state index is -2.06. The summed E-state index contributed by atoms with van der Waals surface area (Å²) in [4.78, 5) is 0. The standard InChI is InChI=1S/C34H34Si2/c1-23-29(24-15-9-7-10-16-24)32-27-21-13-19-25-20-14-22-28(30(25)27)36(5,6)34(32)31(33(23)35(2,3)4)26-17-11-8-12-18-26/h7-22H,1-6H3. The van der Waals surface area contributed by atoms with Crippen LogP contribution in [-0.2, 0) is 0 Å². The van der Waals surface area contributed by atoms with E-state index >= 15 is 0 Å². The van der Waals surface area contributed by atoms with Crippen LogP contribution in [-0.4, -0.2) is 16.1 Å². The van der Waals surface area contributed by atoms with Crippen molar-refractivity contribution in [2.75, 3.05) is 0 Å². The fourth-order valence-corrected chi connectivity index (χ4v) is 12.6. The van der Waals surface area contributed by atoms with E-state index in [1.165, 1.54) is 49.7 Å². The number of benzene rings is 5. The van der Waals surface area contributed by atoms with Gasteiger partial charge in [-0.25, -0.2) is 0 Å². The van der Waals surface area contributed by atoms with Crippen LogP contribution >= 0.6 is 0 Å². The summed E-state index contributed by atoms with van der Waals surface area (Å²) in [5.41, 5.74) is 10.1. The van der Waals surface area contributed by atoms with Crippen molar-refractivity contribution in [1.29, 1.82) is 0 Å². The lowest BCUT2D eigenvalue weighted by atomic mass is 9.85. The van der Waals surface area contributed by atoms with Gasteiger partial charge in [-0.2, -0.15) is 0 Å². The average molecular weight is 499 g/mol. The molecule has 6 rings (SSSR count). The monoisotopic (exact) mass is 498 g/mol. The quantitative estimate of drug-likeness (QED) is 0.222. The van der Waals surface area contributed by atoms with Crippen LogP contribution in [0.4, 0.5) is 0 Å². The van der Waals surface area contributed by atoms with Crippen molar-refractivity contribution in [2.45, 2.75) is 39.7 Å². The molecule has 178 valence electrons. The van der Waals surface area contributed by atoms with Crippen LogP contribution in [0.15, 0.2) is 97.1 Å². The molecule has 0 nitrogen and oxygen atoms in total. The van der Waals surface area contributed by atoms with Crippen molar-refractivity contribution in [3.05, 3.63) is 103 Å². The molecule has 0 bridgehead atoms. The molecule has 0 fully saturated rings. The molecule has 0 aromatic heterocycles. The number of hydrogen-bond acceptors (Lipinski definition) is 0. The zero-order chi connectivity index (χ0) is 25.2. The summed E-state index contributed by atoms with van der Waals surface area (Å²) in [6, 6.07) is 36.3. The fourth-order valence-electron chi connectivity index (χ4n) is 6.77. The van der Waals surface area contributed by atoms with Gasteiger partial charge in [0.1, 0.15) is 8.07 Å². The zero-order valence-corrected chi connectivity index (χ0v) is 24.2. The Morgan fingerprint density at radius 1 is 0.583 bits per heavy atom. The number of rotatable bonds is 3. The highest BCUT2D eigenvalue weighted by Gasteiger charge is 2.42. The molecule has 1 heterocycles. The van der Waals surface area contributed by atoms with Crippen molar-refractivity contribution in [3.63, 3.8) is 0 Å². The van der Waals surface area contributed by atoms with Crippen molar-refractivity contribution >= 4 is 42.5 Å². The van der Waals surface area contributed by atoms with Gasteiger partial charge in [-0.3, -0.25) is 0 Å². The first-order valence-electron chi connectivity index (χ1n) is 13.1. The summed E-state index contributed by atoms with van der Waals surface area (Å²) < 4.78 is 0. The van der Waals surface area contributed by atoms with Crippen molar-refractivity contribution in [3.8, 4) is 33.4 Å². The molecule has 0 atom stereocenters. The van der Waals surface area contributed by atoms with E-state index in [-0.39, 0.29) is 0 Å². The van der Waals surface area contributed by atoms with Gasteiger partial charge >= 0.3 is 0 Å². The Kier molecular flexibility index (Phi) is 5.26. The van der Waals surface area contributed by atoms with Gasteiger partial charge in [0.25, 0.3) is 0 Å². The molecule has 5 aromatic carbocycles. The molecule has 2 heteroatoms. The minimum Gasteiger partial charge on any atom is -0.0656 e. The molecule has 0 N–H and O–H groups in total. The second-order valence-electron chi connectivity index (χ2n) is 11.8. The molecule has 0 saturated heterocycles. The highest BCUT2D eigenvalue weighted by molar-refractivity contribution is 7.05. The normalized spacial score (nSPS) is 14.1. The van der Waals surface area contributed by atoms with Crippen LogP contribution in [0.2, 0.25) is 32.7 Å². The first kappa shape index (κ1) is 23.2. The van der Waals surface area contributed by atoms with Gasteiger partial charge in [0.15, 0.2) is 0 Å². The maximum absolute atomic E-state index is 2.58. The van der Waals surface area contributed by atoms with E-state index in [0.717, 1.165) is 0 Å². The van der Waals surface area contributed by atoms with E-state index in [2.05, 4.69) is 137 Å². The van der Waals surface area contributed by atoms with Crippen molar-refractivity contribution in [2.24, 2.45) is 0 Å². The SMILES string of the molecule is Cc1c(-c2ccccc2)c2c(c(-c3ccccc3)c1[Si](C)(C)C)[Si](C)(C)c1cccc3cccc-2c13. The van der Waals surface area contributed by atoms with Gasteiger partial charge in [-0.15, -0.1) is 0 Å². The fraction of sp³-hybridized carbons (Fsp3) is 0.176. The third-order valence-corrected chi connectivity index (χ3v) is 13.7. The van der Waals surface area contributed by atoms with Gasteiger partial charge in [0, 0.05) is 0 Å². The van der Waals surface area contributed by atoms with Crippen molar-refractivity contribution in [1.82, 2.24) is 0 Å². The Balaban J connectivity index is 1.94. The molecular formula is C34H34Si2. The largest absolute Gasteiger partial charge is 0.114 e. The predicted molar refractivity (Wildman–Crippen MR) is 165 cm³/mol. The molecule has 5 aromatic rings. The van der Waals surface area contributed by atoms with Crippen LogP contribution in [0.5, 0.6) is 0 Å². The highest BCUT2D eigenvalue weighted by atomic mass is 28.3. The lowest BCUT2D eigenvalue weighted by molar-refractivity contribution is 1.47. The van der Waals surface area contributed by atoms with E-state index in [4.69, 9.17) is 0 Å². The summed E-state index contributed by atoms with van der Waals surface area (Å²) >= 11 is 0. The zero-order valence-electron chi connectivity index (χ0n) is 22.2. The Morgan fingerprint density at radius 3 is 1.72 bits per heavy atom. The van der Waals surface area contributed by atoms with Gasteiger partial charge in [-0.1, -0.05) is 130 Å². The molecule has 0 aliphatic carbocycles. The van der Waals surface area contributed by atoms with E-state index < -0.39 is 16.1 Å². The number of hydrogen-bond donors (Lipinski definition) is 0. The molecule has 1 aliphatic heterocycles. The van der Waals surface area contributed by atoms with Crippen LogP contribution < -0.4 is 15.6 Å². The van der Waals surface area contributed by atoms with E-state index in [9.17, 15) is 0 Å². The molecule has 0 unspecified atom stereocenters. The van der Waals surface area contributed by atoms with Gasteiger partial charge in [-0.05, 0) is 72.2 Å². The minimum absolute atomic E-state index is 1.34. The Labute approximate surface area is 217 Å². The molecule has 0 saturated carbocycles. The summed E-state index contributed by atoms with van der Waals surface area (Å²) in [6.45, 7) is 15.1. The van der Waals surface area contributed by atoms with E-state index in [1.807, 2.05) is 0 Å². The maximum Gasteiger partial charge on any atom is 0.114 e. The predicted octanol–water partition coefficient (Wildman–Crippen LogP) is 7.83. The van der Waals surface area contributed by atoms with Crippen LogP contribution in [0, 0.1) is 6.92 Å². The van der Waals surface area contributed by atoms with Gasteiger partial charge in [0.05, 0.1) is 8.07 Å². The van der Waals surface area contributed by atoms with E-state index in [0.29, 0.717) is 0 Å². The molecule has 36 heavy (non-hydrogen) atoms. The summed E-state index contributed by atoms with van der Waals surface area (Å²) in [7, 11) is -3.79. The molecular weight excluding hydrogens is 465 g/mol. The van der Waals surface area contributed by atoms with Gasteiger partial charge in [0.2, 0.25) is 0 Å². The Morgan fingerprint density at radius 2 is 1.14 bits per heavy atom. The Hall–Kier alpha value is -3.21. The lowest BCUT2D eigenvalue weighted by Gasteiger charge is -2.40. The lowest BCUT2D eigenvalue weighted by Crippen LogP contribution is -2.59. The molecule has 0 radical (unpaired) electrons. The van der Waals surface area contributed by atoms with E-state index in [1.54, 1.807) is 15.6 Å². The Bertz CT molecular complexity index is 1620. The second kappa shape index (κ2) is 8.16. The topological polar surface area (TPSA) is 0 Å². The summed E-state index contributed by atoms with van der Waals surface area (Å²) in [5, 5.41) is 7.66.